The Balaban J connectivity index is 1.12. The van der Waals surface area contributed by atoms with Crippen molar-refractivity contribution in [3.05, 3.63) is 205 Å². The molecule has 1 aliphatic heterocycles. The molecule has 4 saturated carbocycles. The molecule has 0 unspecified atom stereocenters. The van der Waals surface area contributed by atoms with Gasteiger partial charge in [-0.2, -0.15) is 9.97 Å². The van der Waals surface area contributed by atoms with Gasteiger partial charge in [0.15, 0.2) is 19.7 Å². The molecular formula is C55H46N4Si. The van der Waals surface area contributed by atoms with E-state index in [0.29, 0.717) is 29.4 Å². The zero-order chi connectivity index (χ0) is 39.7. The number of benzene rings is 7. The van der Waals surface area contributed by atoms with Crippen LogP contribution >= 0.6 is 0 Å². The number of hydrogen-bond donors (Lipinski definition) is 0. The van der Waals surface area contributed by atoms with Crippen LogP contribution in [0.2, 0.25) is 0 Å². The number of para-hydroxylation sites is 2. The fourth-order valence-corrected chi connectivity index (χ4v) is 17.6. The van der Waals surface area contributed by atoms with Crippen molar-refractivity contribution in [2.24, 2.45) is 23.7 Å². The summed E-state index contributed by atoms with van der Waals surface area (Å²) in [5, 5.41) is 5.18. The van der Waals surface area contributed by atoms with Crippen molar-refractivity contribution in [3.8, 4) is 22.8 Å². The molecule has 7 aromatic carbocycles. The Labute approximate surface area is 353 Å². The largest absolute Gasteiger partial charge is 0.278 e. The smallest absolute Gasteiger partial charge is 0.238 e. The van der Waals surface area contributed by atoms with Crippen LogP contribution in [-0.2, 0) is 5.41 Å². The van der Waals surface area contributed by atoms with Gasteiger partial charge in [0.25, 0.3) is 0 Å². The highest BCUT2D eigenvalue weighted by molar-refractivity contribution is 7.20. The molecule has 8 aromatic rings. The van der Waals surface area contributed by atoms with E-state index in [1.54, 1.807) is 0 Å². The number of fused-ring (bicyclic) bond motifs is 2. The van der Waals surface area contributed by atoms with E-state index < -0.39 is 8.07 Å². The van der Waals surface area contributed by atoms with Gasteiger partial charge in [-0.05, 0) is 99.8 Å². The summed E-state index contributed by atoms with van der Waals surface area (Å²) in [4.78, 5) is 18.9. The predicted octanol–water partition coefficient (Wildman–Crippen LogP) is 10.1. The lowest BCUT2D eigenvalue weighted by Crippen LogP contribution is -2.75. The molecule has 2 heterocycles. The first-order chi connectivity index (χ1) is 29.7. The first-order valence-electron chi connectivity index (χ1n) is 21.8. The Morgan fingerprint density at radius 2 is 0.850 bits per heavy atom. The number of rotatable bonds is 7. The van der Waals surface area contributed by atoms with Crippen LogP contribution in [0.3, 0.4) is 0 Å². The standard InChI is InChI=1S/C55H46N4Si/c1-5-19-40(20-6-1)52-56-53(46-27-13-18-32-51(46)60(43-21-7-2-8-22-43,44-23-9-3-10-24-44)45-25-11-4-12-26-45)58-54(57-52)59-49-30-16-14-28-47(49)55(48-29-15-17-31-50(48)59)41-34-38-33-39(36-41)37-42(55)35-38/h1-32,38-39,41-42H,33-37H2. The zero-order valence-corrected chi connectivity index (χ0v) is 34.6. The van der Waals surface area contributed by atoms with E-state index in [4.69, 9.17) is 15.0 Å². The fourth-order valence-electron chi connectivity index (χ4n) is 12.7. The van der Waals surface area contributed by atoms with Gasteiger partial charge in [-0.3, -0.25) is 4.90 Å². The Morgan fingerprint density at radius 1 is 0.417 bits per heavy atom. The van der Waals surface area contributed by atoms with E-state index in [2.05, 4.69) is 199 Å². The predicted molar refractivity (Wildman–Crippen MR) is 247 cm³/mol. The monoisotopic (exact) mass is 790 g/mol. The molecule has 4 fully saturated rings. The molecule has 4 aliphatic carbocycles. The number of aromatic nitrogens is 3. The maximum Gasteiger partial charge on any atom is 0.238 e. The second kappa shape index (κ2) is 14.1. The number of anilines is 3. The normalized spacial score (nSPS) is 20.8. The van der Waals surface area contributed by atoms with Crippen molar-refractivity contribution in [1.29, 1.82) is 0 Å². The Bertz CT molecular complexity index is 2670. The molecule has 1 aromatic heterocycles. The summed E-state index contributed by atoms with van der Waals surface area (Å²) in [7, 11) is -2.95. The molecule has 4 nitrogen and oxygen atoms in total. The third kappa shape index (κ3) is 5.24. The maximum atomic E-state index is 5.66. The molecular weight excluding hydrogens is 745 g/mol. The van der Waals surface area contributed by atoms with E-state index in [1.807, 2.05) is 0 Å². The molecule has 0 radical (unpaired) electrons. The van der Waals surface area contributed by atoms with Crippen LogP contribution < -0.4 is 25.6 Å². The van der Waals surface area contributed by atoms with Crippen molar-refractivity contribution in [1.82, 2.24) is 15.0 Å². The molecule has 0 amide bonds. The van der Waals surface area contributed by atoms with Crippen molar-refractivity contribution in [3.63, 3.8) is 0 Å². The van der Waals surface area contributed by atoms with E-state index in [0.717, 1.165) is 23.0 Å². The fraction of sp³-hybridized carbons (Fsp3) is 0.182. The van der Waals surface area contributed by atoms with E-state index in [-0.39, 0.29) is 5.41 Å². The van der Waals surface area contributed by atoms with Gasteiger partial charge < -0.3 is 0 Å². The summed E-state index contributed by atoms with van der Waals surface area (Å²) < 4.78 is 0. The minimum atomic E-state index is -2.95. The topological polar surface area (TPSA) is 41.9 Å². The van der Waals surface area contributed by atoms with Crippen LogP contribution in [0.15, 0.2) is 194 Å². The average molecular weight is 791 g/mol. The minimum absolute atomic E-state index is 0.00587. The molecule has 0 N–H and O–H groups in total. The van der Waals surface area contributed by atoms with Crippen molar-refractivity contribution in [2.45, 2.75) is 37.5 Å². The van der Waals surface area contributed by atoms with E-state index in [1.165, 1.54) is 75.4 Å². The SMILES string of the molecule is c1ccc(-c2nc(-c3ccccc3[Si](c3ccccc3)(c3ccccc3)c3ccccc3)nc(N3c4ccccc4C4(c5ccccc53)C3CC5CC(C3)CC4C5)n2)cc1. The van der Waals surface area contributed by atoms with Crippen LogP contribution in [0.4, 0.5) is 17.3 Å². The van der Waals surface area contributed by atoms with Gasteiger partial charge in [0, 0.05) is 16.5 Å². The molecule has 5 heteroatoms. The van der Waals surface area contributed by atoms with Gasteiger partial charge in [-0.25, -0.2) is 4.98 Å². The summed E-state index contributed by atoms with van der Waals surface area (Å²) in [5.74, 6) is 5.03. The highest BCUT2D eigenvalue weighted by Crippen LogP contribution is 2.69. The van der Waals surface area contributed by atoms with Crippen LogP contribution in [0.25, 0.3) is 22.8 Å². The maximum absolute atomic E-state index is 5.66. The van der Waals surface area contributed by atoms with Gasteiger partial charge in [0.05, 0.1) is 11.4 Å². The lowest BCUT2D eigenvalue weighted by molar-refractivity contribution is -0.0419. The zero-order valence-electron chi connectivity index (χ0n) is 33.6. The van der Waals surface area contributed by atoms with Crippen LogP contribution in [0.1, 0.15) is 43.2 Å². The summed E-state index contributed by atoms with van der Waals surface area (Å²) in [6, 6.07) is 71.2. The molecule has 0 atom stereocenters. The Kier molecular flexibility index (Phi) is 8.34. The lowest BCUT2D eigenvalue weighted by Gasteiger charge is -2.64. The van der Waals surface area contributed by atoms with Gasteiger partial charge in [0.2, 0.25) is 5.95 Å². The number of hydrogen-bond acceptors (Lipinski definition) is 4. The molecule has 13 rings (SSSR count). The lowest BCUT2D eigenvalue weighted by atomic mass is 9.41. The first kappa shape index (κ1) is 35.5. The van der Waals surface area contributed by atoms with E-state index in [9.17, 15) is 0 Å². The average Bonchev–Trinajstić information content (AvgIpc) is 3.32. The quantitative estimate of drug-likeness (QED) is 0.119. The minimum Gasteiger partial charge on any atom is -0.278 e. The third-order valence-corrected chi connectivity index (χ3v) is 19.5. The van der Waals surface area contributed by atoms with Crippen molar-refractivity contribution in [2.75, 3.05) is 4.90 Å². The summed E-state index contributed by atoms with van der Waals surface area (Å²) in [6.07, 6.45) is 6.75. The molecule has 1 spiro atoms. The molecule has 4 bridgehead atoms. The summed E-state index contributed by atoms with van der Waals surface area (Å²) >= 11 is 0. The molecule has 5 aliphatic rings. The second-order valence-electron chi connectivity index (χ2n) is 17.6. The van der Waals surface area contributed by atoms with Crippen LogP contribution in [0, 0.1) is 23.7 Å². The van der Waals surface area contributed by atoms with Crippen molar-refractivity contribution < 1.29 is 0 Å². The van der Waals surface area contributed by atoms with Gasteiger partial charge in [0.1, 0.15) is 0 Å². The number of nitrogens with zero attached hydrogens (tertiary/aromatic N) is 4. The first-order valence-corrected chi connectivity index (χ1v) is 23.8. The summed E-state index contributed by atoms with van der Waals surface area (Å²) in [6.45, 7) is 0. The second-order valence-corrected chi connectivity index (χ2v) is 21.4. The van der Waals surface area contributed by atoms with Gasteiger partial charge in [-0.1, -0.05) is 182 Å². The summed E-state index contributed by atoms with van der Waals surface area (Å²) in [5.41, 5.74) is 7.29. The molecule has 290 valence electrons. The third-order valence-electron chi connectivity index (χ3n) is 14.7. The van der Waals surface area contributed by atoms with Gasteiger partial charge in [-0.15, -0.1) is 0 Å². The van der Waals surface area contributed by atoms with Gasteiger partial charge >= 0.3 is 0 Å². The molecule has 0 saturated heterocycles. The highest BCUT2D eigenvalue weighted by Gasteiger charge is 2.61. The molecule has 60 heavy (non-hydrogen) atoms. The Hall–Kier alpha value is -6.43. The van der Waals surface area contributed by atoms with Crippen molar-refractivity contribution >= 4 is 46.1 Å². The highest BCUT2D eigenvalue weighted by atomic mass is 28.3. The van der Waals surface area contributed by atoms with E-state index >= 15 is 0 Å². The van der Waals surface area contributed by atoms with Crippen LogP contribution in [0.5, 0.6) is 0 Å². The van der Waals surface area contributed by atoms with Crippen LogP contribution in [-0.4, -0.2) is 23.0 Å². The Morgan fingerprint density at radius 3 is 1.38 bits per heavy atom.